The molecule has 0 unspecified atom stereocenters. The molecular weight excluding hydrogens is 276 g/mol. The van der Waals surface area contributed by atoms with E-state index in [1.807, 2.05) is 0 Å². The molecule has 23 heavy (non-hydrogen) atoms. The summed E-state index contributed by atoms with van der Waals surface area (Å²) in [5.74, 6) is 4.39. The summed E-state index contributed by atoms with van der Waals surface area (Å²) in [6.07, 6.45) is 25.8. The molecule has 0 spiro atoms. The Labute approximate surface area is 147 Å². The van der Waals surface area contributed by atoms with Gasteiger partial charge in [0, 0.05) is 0 Å². The zero-order valence-electron chi connectivity index (χ0n) is 16.3. The molecule has 0 amide bonds. The van der Waals surface area contributed by atoms with Crippen molar-refractivity contribution in [3.05, 3.63) is 0 Å². The van der Waals surface area contributed by atoms with E-state index >= 15 is 0 Å². The fourth-order valence-electron chi connectivity index (χ4n) is 5.50. The molecule has 0 bridgehead atoms. The third-order valence-corrected chi connectivity index (χ3v) is 7.06. The van der Waals surface area contributed by atoms with Gasteiger partial charge in [0.2, 0.25) is 0 Å². The largest absolute Gasteiger partial charge is 0.0654 e. The lowest BCUT2D eigenvalue weighted by molar-refractivity contribution is 0.132. The zero-order valence-corrected chi connectivity index (χ0v) is 16.3. The summed E-state index contributed by atoms with van der Waals surface area (Å²) in [5, 5.41) is 0. The Hall–Kier alpha value is 0. The van der Waals surface area contributed by atoms with Crippen molar-refractivity contribution >= 4 is 0 Å². The molecule has 0 heteroatoms. The summed E-state index contributed by atoms with van der Waals surface area (Å²) < 4.78 is 0. The summed E-state index contributed by atoms with van der Waals surface area (Å²) in [6.45, 7) is 4.67. The lowest BCUT2D eigenvalue weighted by Crippen LogP contribution is -2.26. The Morgan fingerprint density at radius 3 is 2.00 bits per heavy atom. The Morgan fingerprint density at radius 2 is 1.26 bits per heavy atom. The normalized spacial score (nSPS) is 32.1. The monoisotopic (exact) mass is 320 g/mol. The van der Waals surface area contributed by atoms with Crippen LogP contribution in [0.3, 0.4) is 0 Å². The van der Waals surface area contributed by atoms with Crippen molar-refractivity contribution in [3.63, 3.8) is 0 Å². The quantitative estimate of drug-likeness (QED) is 0.356. The summed E-state index contributed by atoms with van der Waals surface area (Å²) in [5.41, 5.74) is 0. The molecule has 0 saturated heterocycles. The predicted molar refractivity (Wildman–Crippen MR) is 104 cm³/mol. The highest BCUT2D eigenvalue weighted by Crippen LogP contribution is 2.43. The van der Waals surface area contributed by atoms with Crippen LogP contribution in [0.4, 0.5) is 0 Å². The molecule has 2 aliphatic carbocycles. The van der Waals surface area contributed by atoms with Crippen molar-refractivity contribution in [2.75, 3.05) is 0 Å². The highest BCUT2D eigenvalue weighted by atomic mass is 14.4. The van der Waals surface area contributed by atoms with E-state index in [1.165, 1.54) is 57.8 Å². The second kappa shape index (κ2) is 11.5. The van der Waals surface area contributed by atoms with Crippen LogP contribution >= 0.6 is 0 Å². The van der Waals surface area contributed by atoms with Crippen LogP contribution in [0, 0.1) is 23.7 Å². The minimum Gasteiger partial charge on any atom is -0.0654 e. The molecule has 2 rings (SSSR count). The van der Waals surface area contributed by atoms with Crippen LogP contribution < -0.4 is 0 Å². The van der Waals surface area contributed by atoms with Gasteiger partial charge in [-0.25, -0.2) is 0 Å². The van der Waals surface area contributed by atoms with E-state index in [0.29, 0.717) is 0 Å². The van der Waals surface area contributed by atoms with Gasteiger partial charge >= 0.3 is 0 Å². The SMILES string of the molecule is CCCCCCC[C@H]1CC[C@@H]([C@@H]2CCC[C@@H](CCCC)C2)CC1. The van der Waals surface area contributed by atoms with Gasteiger partial charge in [-0.2, -0.15) is 0 Å². The van der Waals surface area contributed by atoms with Gasteiger partial charge in [0.15, 0.2) is 0 Å². The van der Waals surface area contributed by atoms with Crippen molar-refractivity contribution in [1.29, 1.82) is 0 Å². The highest BCUT2D eigenvalue weighted by molar-refractivity contribution is 4.82. The van der Waals surface area contributed by atoms with Gasteiger partial charge in [-0.05, 0) is 42.9 Å². The van der Waals surface area contributed by atoms with Crippen molar-refractivity contribution in [3.8, 4) is 0 Å². The molecule has 0 N–H and O–H groups in total. The number of unbranched alkanes of at least 4 members (excludes halogenated alkanes) is 5. The third-order valence-electron chi connectivity index (χ3n) is 7.06. The molecule has 136 valence electrons. The average Bonchev–Trinajstić information content (AvgIpc) is 2.60. The second-order valence-corrected chi connectivity index (χ2v) is 8.92. The van der Waals surface area contributed by atoms with Crippen LogP contribution in [0.25, 0.3) is 0 Å². The number of rotatable bonds is 10. The lowest BCUT2D eigenvalue weighted by Gasteiger charge is -2.38. The maximum Gasteiger partial charge on any atom is -0.0383 e. The van der Waals surface area contributed by atoms with Gasteiger partial charge in [0.05, 0.1) is 0 Å². The van der Waals surface area contributed by atoms with E-state index in [1.54, 1.807) is 51.4 Å². The van der Waals surface area contributed by atoms with Gasteiger partial charge in [-0.15, -0.1) is 0 Å². The summed E-state index contributed by atoms with van der Waals surface area (Å²) in [4.78, 5) is 0. The van der Waals surface area contributed by atoms with Crippen molar-refractivity contribution in [2.45, 2.75) is 123 Å². The average molecular weight is 321 g/mol. The van der Waals surface area contributed by atoms with E-state index in [0.717, 1.165) is 23.7 Å². The van der Waals surface area contributed by atoms with Crippen LogP contribution in [-0.2, 0) is 0 Å². The molecule has 2 fully saturated rings. The fraction of sp³-hybridized carbons (Fsp3) is 1.00. The topological polar surface area (TPSA) is 0 Å². The predicted octanol–water partition coefficient (Wildman–Crippen LogP) is 8.15. The maximum absolute atomic E-state index is 2.35. The van der Waals surface area contributed by atoms with Crippen LogP contribution in [0.2, 0.25) is 0 Å². The van der Waals surface area contributed by atoms with Gasteiger partial charge in [0.1, 0.15) is 0 Å². The number of hydrogen-bond acceptors (Lipinski definition) is 0. The Morgan fingerprint density at radius 1 is 0.565 bits per heavy atom. The molecule has 0 aliphatic heterocycles. The first-order valence-electron chi connectivity index (χ1n) is 11.3. The second-order valence-electron chi connectivity index (χ2n) is 8.92. The van der Waals surface area contributed by atoms with Gasteiger partial charge in [0.25, 0.3) is 0 Å². The molecule has 2 atom stereocenters. The first kappa shape index (κ1) is 19.3. The summed E-state index contributed by atoms with van der Waals surface area (Å²) in [7, 11) is 0. The lowest BCUT2D eigenvalue weighted by atomic mass is 9.67. The minimum absolute atomic E-state index is 1.09. The van der Waals surface area contributed by atoms with E-state index in [2.05, 4.69) is 13.8 Å². The molecule has 0 aromatic heterocycles. The zero-order chi connectivity index (χ0) is 16.3. The van der Waals surface area contributed by atoms with Gasteiger partial charge in [-0.3, -0.25) is 0 Å². The minimum atomic E-state index is 1.09. The molecular formula is C23H44. The molecule has 2 saturated carbocycles. The molecule has 0 nitrogen and oxygen atoms in total. The van der Waals surface area contributed by atoms with E-state index in [4.69, 9.17) is 0 Å². The standard InChI is InChI=1S/C23H44/c1-3-5-7-8-9-12-20-15-17-22(18-16-20)23-14-10-13-21(19-23)11-6-4-2/h20-23H,3-19H2,1-2H3/t20-,21-,22+,23-/m1/s1. The smallest absolute Gasteiger partial charge is 0.0383 e. The first-order chi connectivity index (χ1) is 11.3. The van der Waals surface area contributed by atoms with E-state index in [-0.39, 0.29) is 0 Å². The molecule has 0 aromatic carbocycles. The molecule has 2 aliphatic rings. The van der Waals surface area contributed by atoms with Gasteiger partial charge < -0.3 is 0 Å². The highest BCUT2D eigenvalue weighted by Gasteiger charge is 2.31. The van der Waals surface area contributed by atoms with Crippen molar-refractivity contribution in [2.24, 2.45) is 23.7 Å². The van der Waals surface area contributed by atoms with E-state index in [9.17, 15) is 0 Å². The third kappa shape index (κ3) is 7.18. The molecule has 0 radical (unpaired) electrons. The summed E-state index contributed by atoms with van der Waals surface area (Å²) in [6, 6.07) is 0. The Balaban J connectivity index is 1.60. The van der Waals surface area contributed by atoms with Crippen molar-refractivity contribution in [1.82, 2.24) is 0 Å². The Bertz CT molecular complexity index is 274. The van der Waals surface area contributed by atoms with Crippen molar-refractivity contribution < 1.29 is 0 Å². The van der Waals surface area contributed by atoms with E-state index < -0.39 is 0 Å². The molecule has 0 aromatic rings. The first-order valence-corrected chi connectivity index (χ1v) is 11.3. The van der Waals surface area contributed by atoms with Crippen LogP contribution in [0.1, 0.15) is 123 Å². The number of hydrogen-bond donors (Lipinski definition) is 0. The van der Waals surface area contributed by atoms with Crippen LogP contribution in [0.5, 0.6) is 0 Å². The Kier molecular flexibility index (Phi) is 9.69. The molecule has 0 heterocycles. The maximum atomic E-state index is 2.35. The van der Waals surface area contributed by atoms with Crippen LogP contribution in [-0.4, -0.2) is 0 Å². The summed E-state index contributed by atoms with van der Waals surface area (Å²) >= 11 is 0. The van der Waals surface area contributed by atoms with Crippen LogP contribution in [0.15, 0.2) is 0 Å². The van der Waals surface area contributed by atoms with Gasteiger partial charge in [-0.1, -0.05) is 104 Å². The fourth-order valence-corrected chi connectivity index (χ4v) is 5.50.